The van der Waals surface area contributed by atoms with E-state index in [9.17, 15) is 26.4 Å². The number of rotatable bonds is 4. The maximum absolute atomic E-state index is 13.6. The minimum absolute atomic E-state index is 0.140. The average Bonchev–Trinajstić information content (AvgIpc) is 3.43. The molecule has 0 aromatic heterocycles. The van der Waals surface area contributed by atoms with Crippen LogP contribution >= 0.6 is 0 Å². The predicted molar refractivity (Wildman–Crippen MR) is 122 cm³/mol. The number of aliphatic carboxylic acids is 1. The van der Waals surface area contributed by atoms with Gasteiger partial charge >= 0.3 is 12.1 Å². The molecular formula is C23H32F3N3O5S. The van der Waals surface area contributed by atoms with Crippen molar-refractivity contribution < 1.29 is 36.3 Å². The molecule has 0 radical (unpaired) electrons. The average molecular weight is 520 g/mol. The third-order valence-electron chi connectivity index (χ3n) is 7.23. The number of amides is 1. The van der Waals surface area contributed by atoms with Crippen molar-refractivity contribution in [3.8, 4) is 0 Å². The quantitative estimate of drug-likeness (QED) is 0.657. The second kappa shape index (κ2) is 10.8. The molecule has 0 saturated carbocycles. The van der Waals surface area contributed by atoms with Crippen LogP contribution in [-0.4, -0.2) is 91.0 Å². The first kappa shape index (κ1) is 27.4. The number of hydrogen-bond acceptors (Lipinski definition) is 5. The Bertz CT molecular complexity index is 999. The van der Waals surface area contributed by atoms with Crippen LogP contribution in [0.5, 0.6) is 0 Å². The number of carbonyl (C=O) groups is 2. The second-order valence-corrected chi connectivity index (χ2v) is 11.0. The van der Waals surface area contributed by atoms with Gasteiger partial charge in [-0.15, -0.1) is 0 Å². The van der Waals surface area contributed by atoms with E-state index in [1.165, 1.54) is 0 Å². The lowest BCUT2D eigenvalue weighted by atomic mass is 9.75. The molecule has 0 bridgehead atoms. The highest BCUT2D eigenvalue weighted by atomic mass is 32.2. The van der Waals surface area contributed by atoms with Crippen molar-refractivity contribution in [1.82, 2.24) is 14.1 Å². The Morgan fingerprint density at radius 1 is 1.03 bits per heavy atom. The third kappa shape index (κ3) is 5.80. The Hall–Kier alpha value is -2.18. The SMILES string of the molecule is CCN1CC[C@@]2(C(=O)N3CCCC3)CCN(S(=O)(=O)c3ccccc3)CC[C@@H]12.O=C(O)C(F)(F)F. The van der Waals surface area contributed by atoms with Gasteiger partial charge in [0.1, 0.15) is 0 Å². The standard InChI is InChI=1S/C21H31N3O3S.C2HF3O2/c1-2-22-16-11-21(20(25)23-13-6-7-14-23)12-17-24(15-10-19(21)22)28(26,27)18-8-4-3-5-9-18;3-2(4,5)1(6)7/h3-5,8-9,19H,2,6-7,10-17H2,1H3;(H,6,7)/t19-,21-;/m1./s1. The fourth-order valence-electron chi connectivity index (χ4n) is 5.42. The highest BCUT2D eigenvalue weighted by Gasteiger charge is 2.55. The number of benzene rings is 1. The van der Waals surface area contributed by atoms with Gasteiger partial charge in [0.2, 0.25) is 15.9 Å². The van der Waals surface area contributed by atoms with Gasteiger partial charge in [0.25, 0.3) is 0 Å². The van der Waals surface area contributed by atoms with E-state index >= 15 is 0 Å². The number of carboxylic acid groups (broad SMARTS) is 1. The number of alkyl halides is 3. The topological polar surface area (TPSA) is 98.2 Å². The lowest BCUT2D eigenvalue weighted by Gasteiger charge is -2.38. The van der Waals surface area contributed by atoms with Crippen molar-refractivity contribution in [1.29, 1.82) is 0 Å². The first-order valence-electron chi connectivity index (χ1n) is 11.8. The first-order valence-corrected chi connectivity index (χ1v) is 13.3. The largest absolute Gasteiger partial charge is 0.490 e. The van der Waals surface area contributed by atoms with E-state index in [1.54, 1.807) is 28.6 Å². The zero-order valence-electron chi connectivity index (χ0n) is 19.7. The minimum atomic E-state index is -5.08. The molecule has 1 amide bonds. The van der Waals surface area contributed by atoms with E-state index in [0.29, 0.717) is 24.4 Å². The van der Waals surface area contributed by atoms with E-state index in [4.69, 9.17) is 9.90 Å². The van der Waals surface area contributed by atoms with Crippen molar-refractivity contribution in [2.75, 3.05) is 39.3 Å². The predicted octanol–water partition coefficient (Wildman–Crippen LogP) is 2.81. The number of nitrogens with zero attached hydrogens (tertiary/aromatic N) is 3. The van der Waals surface area contributed by atoms with E-state index in [-0.39, 0.29) is 11.9 Å². The van der Waals surface area contributed by atoms with E-state index in [2.05, 4.69) is 11.8 Å². The summed E-state index contributed by atoms with van der Waals surface area (Å²) in [5.74, 6) is -2.49. The van der Waals surface area contributed by atoms with Crippen molar-refractivity contribution >= 4 is 21.9 Å². The number of carboxylic acids is 1. The molecule has 3 aliphatic heterocycles. The zero-order chi connectivity index (χ0) is 25.9. The molecule has 0 spiro atoms. The summed E-state index contributed by atoms with van der Waals surface area (Å²) < 4.78 is 59.7. The fourth-order valence-corrected chi connectivity index (χ4v) is 6.90. The first-order chi connectivity index (χ1) is 16.4. The monoisotopic (exact) mass is 519 g/mol. The Labute approximate surface area is 203 Å². The molecule has 0 unspecified atom stereocenters. The van der Waals surface area contributed by atoms with Gasteiger partial charge in [0, 0.05) is 32.2 Å². The summed E-state index contributed by atoms with van der Waals surface area (Å²) in [6.45, 7) is 6.59. The molecule has 196 valence electrons. The van der Waals surface area contributed by atoms with Crippen LogP contribution in [0.1, 0.15) is 39.0 Å². The molecule has 3 heterocycles. The number of hydrogen-bond donors (Lipinski definition) is 1. The molecule has 1 aromatic carbocycles. The molecule has 12 heteroatoms. The Morgan fingerprint density at radius 3 is 2.14 bits per heavy atom. The Kier molecular flexibility index (Phi) is 8.48. The van der Waals surface area contributed by atoms with Crippen LogP contribution < -0.4 is 0 Å². The summed E-state index contributed by atoms with van der Waals surface area (Å²) in [6.07, 6.45) is -0.730. The third-order valence-corrected chi connectivity index (χ3v) is 9.14. The van der Waals surface area contributed by atoms with Crippen LogP contribution in [0.15, 0.2) is 35.2 Å². The van der Waals surface area contributed by atoms with Gasteiger partial charge in [-0.05, 0) is 57.3 Å². The van der Waals surface area contributed by atoms with Gasteiger partial charge in [0.15, 0.2) is 0 Å². The maximum Gasteiger partial charge on any atom is 0.490 e. The number of sulfonamides is 1. The van der Waals surface area contributed by atoms with Crippen molar-refractivity contribution in [3.63, 3.8) is 0 Å². The molecule has 35 heavy (non-hydrogen) atoms. The van der Waals surface area contributed by atoms with Crippen LogP contribution in [-0.2, 0) is 19.6 Å². The summed E-state index contributed by atoms with van der Waals surface area (Å²) in [6, 6.07) is 8.80. The fraction of sp³-hybridized carbons (Fsp3) is 0.652. The number of halogens is 3. The maximum atomic E-state index is 13.6. The molecule has 2 atom stereocenters. The second-order valence-electron chi connectivity index (χ2n) is 9.11. The van der Waals surface area contributed by atoms with Crippen molar-refractivity contribution in [3.05, 3.63) is 30.3 Å². The van der Waals surface area contributed by atoms with Gasteiger partial charge in [0.05, 0.1) is 10.3 Å². The van der Waals surface area contributed by atoms with E-state index in [1.807, 2.05) is 11.0 Å². The molecule has 1 aromatic rings. The lowest BCUT2D eigenvalue weighted by molar-refractivity contribution is -0.192. The molecule has 0 aliphatic carbocycles. The van der Waals surface area contributed by atoms with Gasteiger partial charge in [-0.25, -0.2) is 13.2 Å². The minimum Gasteiger partial charge on any atom is -0.475 e. The van der Waals surface area contributed by atoms with Crippen LogP contribution in [0, 0.1) is 5.41 Å². The summed E-state index contributed by atoms with van der Waals surface area (Å²) in [4.78, 5) is 27.2. The highest BCUT2D eigenvalue weighted by Crippen LogP contribution is 2.46. The molecular weight excluding hydrogens is 487 g/mol. The Morgan fingerprint density at radius 2 is 1.60 bits per heavy atom. The molecule has 3 aliphatic rings. The van der Waals surface area contributed by atoms with Gasteiger partial charge in [-0.2, -0.15) is 17.5 Å². The summed E-state index contributed by atoms with van der Waals surface area (Å²) in [5, 5.41) is 7.12. The van der Waals surface area contributed by atoms with Crippen LogP contribution in [0.25, 0.3) is 0 Å². The number of carbonyl (C=O) groups excluding carboxylic acids is 1. The van der Waals surface area contributed by atoms with Crippen molar-refractivity contribution in [2.24, 2.45) is 5.41 Å². The lowest BCUT2D eigenvalue weighted by Crippen LogP contribution is -2.50. The smallest absolute Gasteiger partial charge is 0.475 e. The van der Waals surface area contributed by atoms with Gasteiger partial charge in [-0.3, -0.25) is 9.69 Å². The van der Waals surface area contributed by atoms with Crippen LogP contribution in [0.3, 0.4) is 0 Å². The highest BCUT2D eigenvalue weighted by molar-refractivity contribution is 7.89. The normalized spacial score (nSPS) is 25.9. The molecule has 3 fully saturated rings. The zero-order valence-corrected chi connectivity index (χ0v) is 20.5. The van der Waals surface area contributed by atoms with Crippen LogP contribution in [0.2, 0.25) is 0 Å². The Balaban J connectivity index is 0.000000429. The van der Waals surface area contributed by atoms with Crippen molar-refractivity contribution in [2.45, 2.75) is 56.1 Å². The molecule has 1 N–H and O–H groups in total. The number of fused-ring (bicyclic) bond motifs is 1. The van der Waals surface area contributed by atoms with E-state index < -0.39 is 27.6 Å². The van der Waals surface area contributed by atoms with Gasteiger partial charge in [-0.1, -0.05) is 25.1 Å². The summed E-state index contributed by atoms with van der Waals surface area (Å²) >= 11 is 0. The summed E-state index contributed by atoms with van der Waals surface area (Å²) in [5.41, 5.74) is -0.429. The number of likely N-dealkylation sites (tertiary alicyclic amines) is 2. The molecule has 3 saturated heterocycles. The summed E-state index contributed by atoms with van der Waals surface area (Å²) in [7, 11) is -3.52. The molecule has 4 rings (SSSR count). The van der Waals surface area contributed by atoms with Crippen LogP contribution in [0.4, 0.5) is 13.2 Å². The van der Waals surface area contributed by atoms with Gasteiger partial charge < -0.3 is 10.0 Å². The molecule has 8 nitrogen and oxygen atoms in total. The van der Waals surface area contributed by atoms with E-state index in [0.717, 1.165) is 51.9 Å².